The van der Waals surface area contributed by atoms with Crippen LogP contribution in [0.3, 0.4) is 0 Å². The zero-order valence-electron chi connectivity index (χ0n) is 17.0. The van der Waals surface area contributed by atoms with Gasteiger partial charge < -0.3 is 15.2 Å². The number of anilines is 1. The number of halogens is 6. The quantitative estimate of drug-likeness (QED) is 0.491. The molecule has 1 heterocycles. The fourth-order valence-electron chi connectivity index (χ4n) is 2.85. The van der Waals surface area contributed by atoms with Crippen molar-refractivity contribution >= 4 is 23.2 Å². The summed E-state index contributed by atoms with van der Waals surface area (Å²) >= 11 is 5.85. The Morgan fingerprint density at radius 1 is 1.27 bits per heavy atom. The van der Waals surface area contributed by atoms with Crippen LogP contribution in [0.15, 0.2) is 30.3 Å². The molecule has 0 radical (unpaired) electrons. The van der Waals surface area contributed by atoms with E-state index in [1.54, 1.807) is 0 Å². The number of aromatic nitrogens is 3. The third kappa shape index (κ3) is 5.57. The van der Waals surface area contributed by atoms with E-state index in [0.717, 1.165) is 16.8 Å². The summed E-state index contributed by atoms with van der Waals surface area (Å²) in [6.07, 6.45) is -5.82. The Balaban J connectivity index is 2.06. The first kappa shape index (κ1) is 24.4. The zero-order valence-corrected chi connectivity index (χ0v) is 17.8. The highest BCUT2D eigenvalue weighted by atomic mass is 35.5. The van der Waals surface area contributed by atoms with Crippen LogP contribution in [0.25, 0.3) is 11.4 Å². The lowest BCUT2D eigenvalue weighted by molar-refractivity contribution is -0.153. The Bertz CT molecular complexity index is 1180. The van der Waals surface area contributed by atoms with Crippen LogP contribution in [0.5, 0.6) is 5.75 Å². The number of aryl methyl sites for hydroxylation is 1. The molecule has 1 amide bonds. The van der Waals surface area contributed by atoms with Crippen molar-refractivity contribution in [1.29, 1.82) is 0 Å². The van der Waals surface area contributed by atoms with Crippen LogP contribution >= 0.6 is 11.6 Å². The SMILES string of the molecule is CC(O)c1nc(-c2cc(OCC(F)(F)F)c(C(=O)Nc3c(F)cccc3Cl)cc2F)nn1C. The van der Waals surface area contributed by atoms with Crippen LogP contribution in [0.1, 0.15) is 29.2 Å². The van der Waals surface area contributed by atoms with Crippen molar-refractivity contribution in [1.82, 2.24) is 14.8 Å². The van der Waals surface area contributed by atoms with Crippen molar-refractivity contribution in [3.05, 3.63) is 58.4 Å². The number of carbonyl (C=O) groups excluding carboxylic acids is 1. The molecular formula is C20H16ClF5N4O3. The Morgan fingerprint density at radius 2 is 1.97 bits per heavy atom. The number of ether oxygens (including phenoxy) is 1. The first-order valence-corrected chi connectivity index (χ1v) is 9.63. The van der Waals surface area contributed by atoms with E-state index in [2.05, 4.69) is 15.4 Å². The van der Waals surface area contributed by atoms with Gasteiger partial charge in [-0.2, -0.15) is 18.3 Å². The molecule has 0 saturated heterocycles. The second-order valence-corrected chi connectivity index (χ2v) is 7.28. The smallest absolute Gasteiger partial charge is 0.422 e. The van der Waals surface area contributed by atoms with E-state index in [0.29, 0.717) is 6.07 Å². The van der Waals surface area contributed by atoms with Gasteiger partial charge in [0.25, 0.3) is 5.91 Å². The highest BCUT2D eigenvalue weighted by molar-refractivity contribution is 6.34. The number of benzene rings is 2. The van der Waals surface area contributed by atoms with E-state index in [-0.39, 0.29) is 22.2 Å². The third-order valence-electron chi connectivity index (χ3n) is 4.32. The first-order valence-electron chi connectivity index (χ1n) is 9.25. The minimum absolute atomic E-state index is 0.0678. The maximum absolute atomic E-state index is 14.9. The molecule has 2 N–H and O–H groups in total. The molecule has 0 saturated carbocycles. The minimum atomic E-state index is -4.76. The van der Waals surface area contributed by atoms with E-state index >= 15 is 0 Å². The molecule has 0 bridgehead atoms. The van der Waals surface area contributed by atoms with Crippen LogP contribution in [-0.2, 0) is 7.05 Å². The van der Waals surface area contributed by atoms with Gasteiger partial charge in [0.1, 0.15) is 23.5 Å². The normalized spacial score (nSPS) is 12.5. The van der Waals surface area contributed by atoms with Crippen molar-refractivity contribution in [3.8, 4) is 17.1 Å². The number of aliphatic hydroxyl groups is 1. The van der Waals surface area contributed by atoms with Gasteiger partial charge in [-0.05, 0) is 31.2 Å². The Hall–Kier alpha value is -3.25. The van der Waals surface area contributed by atoms with Gasteiger partial charge in [0.2, 0.25) is 0 Å². The number of nitrogens with one attached hydrogen (secondary N) is 1. The van der Waals surface area contributed by atoms with E-state index in [1.807, 2.05) is 0 Å². The van der Waals surface area contributed by atoms with Crippen molar-refractivity contribution < 1.29 is 36.6 Å². The Morgan fingerprint density at radius 3 is 2.55 bits per heavy atom. The molecule has 7 nitrogen and oxygen atoms in total. The molecule has 1 atom stereocenters. The van der Waals surface area contributed by atoms with Gasteiger partial charge in [-0.1, -0.05) is 17.7 Å². The molecule has 0 aliphatic rings. The molecule has 0 aliphatic carbocycles. The fraction of sp³-hybridized carbons (Fsp3) is 0.250. The van der Waals surface area contributed by atoms with Gasteiger partial charge in [-0.3, -0.25) is 9.48 Å². The number of para-hydroxylation sites is 1. The number of amides is 1. The van der Waals surface area contributed by atoms with Gasteiger partial charge in [0.15, 0.2) is 18.3 Å². The standard InChI is InChI=1S/C20H16ClF5N4O3/c1-9(31)18-28-17(29-30(18)2)10-7-15(33-8-20(24,25)26)11(6-14(10)23)19(32)27-16-12(21)4-3-5-13(16)22/h3-7,9,31H,8H2,1-2H3,(H,27,32). The zero-order chi connectivity index (χ0) is 24.5. The number of aliphatic hydroxyl groups excluding tert-OH is 1. The second-order valence-electron chi connectivity index (χ2n) is 6.88. The first-order chi connectivity index (χ1) is 15.4. The van der Waals surface area contributed by atoms with Crippen molar-refractivity contribution in [2.75, 3.05) is 11.9 Å². The lowest BCUT2D eigenvalue weighted by atomic mass is 10.1. The predicted molar refractivity (Wildman–Crippen MR) is 108 cm³/mol. The predicted octanol–water partition coefficient (Wildman–Crippen LogP) is 4.66. The maximum Gasteiger partial charge on any atom is 0.422 e. The minimum Gasteiger partial charge on any atom is -0.483 e. The summed E-state index contributed by atoms with van der Waals surface area (Å²) in [6.45, 7) is -0.392. The van der Waals surface area contributed by atoms with Crippen LogP contribution < -0.4 is 10.1 Å². The molecule has 0 fully saturated rings. The number of nitrogens with zero attached hydrogens (tertiary/aromatic N) is 3. The van der Waals surface area contributed by atoms with E-state index in [9.17, 15) is 31.9 Å². The van der Waals surface area contributed by atoms with Crippen LogP contribution in [0.2, 0.25) is 5.02 Å². The lowest BCUT2D eigenvalue weighted by Gasteiger charge is -2.15. The van der Waals surface area contributed by atoms with Crippen LogP contribution in [0.4, 0.5) is 27.6 Å². The van der Waals surface area contributed by atoms with E-state index < -0.39 is 53.4 Å². The van der Waals surface area contributed by atoms with Gasteiger partial charge >= 0.3 is 6.18 Å². The number of alkyl halides is 3. The Labute approximate surface area is 188 Å². The monoisotopic (exact) mass is 490 g/mol. The summed E-state index contributed by atoms with van der Waals surface area (Å²) < 4.78 is 73.0. The molecule has 0 spiro atoms. The summed E-state index contributed by atoms with van der Waals surface area (Å²) in [5, 5.41) is 15.6. The molecule has 33 heavy (non-hydrogen) atoms. The molecule has 3 rings (SSSR count). The molecular weight excluding hydrogens is 475 g/mol. The van der Waals surface area contributed by atoms with Crippen molar-refractivity contribution in [2.45, 2.75) is 19.2 Å². The van der Waals surface area contributed by atoms with Gasteiger partial charge in [-0.15, -0.1) is 0 Å². The average molecular weight is 491 g/mol. The molecule has 2 aromatic carbocycles. The molecule has 0 aliphatic heterocycles. The van der Waals surface area contributed by atoms with Crippen LogP contribution in [-0.4, -0.2) is 38.6 Å². The summed E-state index contributed by atoms with van der Waals surface area (Å²) in [5.41, 5.74) is -1.47. The highest BCUT2D eigenvalue weighted by Crippen LogP contribution is 2.32. The molecule has 1 aromatic heterocycles. The third-order valence-corrected chi connectivity index (χ3v) is 4.63. The summed E-state index contributed by atoms with van der Waals surface area (Å²) in [4.78, 5) is 16.7. The van der Waals surface area contributed by atoms with E-state index in [1.165, 1.54) is 26.1 Å². The topological polar surface area (TPSA) is 89.3 Å². The fourth-order valence-corrected chi connectivity index (χ4v) is 3.06. The molecule has 176 valence electrons. The summed E-state index contributed by atoms with van der Waals surface area (Å²) in [6, 6.07) is 4.99. The summed E-state index contributed by atoms with van der Waals surface area (Å²) in [5.74, 6) is -3.98. The van der Waals surface area contributed by atoms with Crippen LogP contribution in [0, 0.1) is 11.6 Å². The van der Waals surface area contributed by atoms with Crippen molar-refractivity contribution in [3.63, 3.8) is 0 Å². The number of hydrogen-bond donors (Lipinski definition) is 2. The number of carbonyl (C=O) groups is 1. The summed E-state index contributed by atoms with van der Waals surface area (Å²) in [7, 11) is 1.43. The second kappa shape index (κ2) is 9.32. The van der Waals surface area contributed by atoms with E-state index in [4.69, 9.17) is 16.3 Å². The molecule has 13 heteroatoms. The van der Waals surface area contributed by atoms with Gasteiger partial charge in [0, 0.05) is 7.05 Å². The van der Waals surface area contributed by atoms with Gasteiger partial charge in [-0.25, -0.2) is 13.8 Å². The highest BCUT2D eigenvalue weighted by Gasteiger charge is 2.30. The Kier molecular flexibility index (Phi) is 6.89. The molecule has 3 aromatic rings. The number of hydrogen-bond acceptors (Lipinski definition) is 5. The lowest BCUT2D eigenvalue weighted by Crippen LogP contribution is -2.22. The average Bonchev–Trinajstić information content (AvgIpc) is 3.10. The largest absolute Gasteiger partial charge is 0.483 e. The number of rotatable bonds is 6. The molecule has 1 unspecified atom stereocenters. The van der Waals surface area contributed by atoms with Crippen molar-refractivity contribution in [2.24, 2.45) is 7.05 Å². The maximum atomic E-state index is 14.9. The van der Waals surface area contributed by atoms with Gasteiger partial charge in [0.05, 0.1) is 21.8 Å².